The Morgan fingerprint density at radius 3 is 2.15 bits per heavy atom. The van der Waals surface area contributed by atoms with Gasteiger partial charge in [0.25, 0.3) is 0 Å². The van der Waals surface area contributed by atoms with Crippen LogP contribution >= 0.6 is 0 Å². The molecule has 0 saturated carbocycles. The van der Waals surface area contributed by atoms with Gasteiger partial charge in [0.1, 0.15) is 0 Å². The molecule has 0 radical (unpaired) electrons. The highest BCUT2D eigenvalue weighted by Crippen LogP contribution is 1.85. The Morgan fingerprint density at radius 2 is 1.69 bits per heavy atom. The molecule has 0 spiro atoms. The number of nitrogens with one attached hydrogen (secondary N) is 2. The molecule has 0 atom stereocenters. The molecule has 2 amide bonds. The van der Waals surface area contributed by atoms with Gasteiger partial charge in [-0.1, -0.05) is 6.92 Å². The summed E-state index contributed by atoms with van der Waals surface area (Å²) in [6, 6.07) is 0. The first-order valence-electron chi connectivity index (χ1n) is 4.40. The van der Waals surface area contributed by atoms with Gasteiger partial charge < -0.3 is 15.7 Å². The second-order valence-corrected chi connectivity index (χ2v) is 2.64. The van der Waals surface area contributed by atoms with Gasteiger partial charge in [-0.25, -0.2) is 4.79 Å². The van der Waals surface area contributed by atoms with Crippen LogP contribution in [0, 0.1) is 0 Å². The van der Waals surface area contributed by atoms with E-state index in [4.69, 9.17) is 5.11 Å². The van der Waals surface area contributed by atoms with Crippen molar-refractivity contribution in [3.63, 3.8) is 0 Å². The lowest BCUT2D eigenvalue weighted by Gasteiger charge is -2.03. The third kappa shape index (κ3) is 8.65. The zero-order valence-electron chi connectivity index (χ0n) is 7.80. The van der Waals surface area contributed by atoms with Crippen LogP contribution in [0.25, 0.3) is 0 Å². The Kier molecular flexibility index (Phi) is 6.68. The molecule has 0 aliphatic carbocycles. The van der Waals surface area contributed by atoms with Gasteiger partial charge in [-0.15, -0.1) is 0 Å². The molecule has 0 fully saturated rings. The highest BCUT2D eigenvalue weighted by Gasteiger charge is 1.96. The van der Waals surface area contributed by atoms with Crippen LogP contribution in [-0.2, 0) is 4.79 Å². The van der Waals surface area contributed by atoms with Crippen LogP contribution in [0.2, 0.25) is 0 Å². The zero-order chi connectivity index (χ0) is 10.1. The number of carbonyl (C=O) groups is 2. The molecule has 0 rings (SSSR count). The number of unbranched alkanes of at least 4 members (excludes halogenated alkanes) is 1. The largest absolute Gasteiger partial charge is 0.465 e. The molecular formula is C8H16N2O3. The van der Waals surface area contributed by atoms with E-state index in [0.717, 1.165) is 12.8 Å². The van der Waals surface area contributed by atoms with E-state index in [2.05, 4.69) is 10.6 Å². The summed E-state index contributed by atoms with van der Waals surface area (Å²) < 4.78 is 0. The summed E-state index contributed by atoms with van der Waals surface area (Å²) in [5.74, 6) is 0.0335. The fourth-order valence-electron chi connectivity index (χ4n) is 0.798. The van der Waals surface area contributed by atoms with Crippen LogP contribution in [0.1, 0.15) is 26.2 Å². The maximum absolute atomic E-state index is 10.7. The van der Waals surface area contributed by atoms with Gasteiger partial charge >= 0.3 is 6.09 Å². The van der Waals surface area contributed by atoms with E-state index < -0.39 is 6.09 Å². The van der Waals surface area contributed by atoms with Gasteiger partial charge in [0.05, 0.1) is 0 Å². The van der Waals surface area contributed by atoms with Crippen LogP contribution in [0.4, 0.5) is 4.79 Å². The number of carbonyl (C=O) groups excluding carboxylic acids is 1. The van der Waals surface area contributed by atoms with E-state index >= 15 is 0 Å². The van der Waals surface area contributed by atoms with Crippen LogP contribution in [0.5, 0.6) is 0 Å². The molecule has 5 heteroatoms. The number of hydrogen-bond donors (Lipinski definition) is 3. The number of amides is 2. The van der Waals surface area contributed by atoms with Crippen molar-refractivity contribution in [1.29, 1.82) is 0 Å². The minimum atomic E-state index is -1.00. The van der Waals surface area contributed by atoms with E-state index in [1.807, 2.05) is 0 Å². The Labute approximate surface area is 77.5 Å². The van der Waals surface area contributed by atoms with Crippen LogP contribution in [-0.4, -0.2) is 30.2 Å². The van der Waals surface area contributed by atoms with Crippen LogP contribution in [0.3, 0.4) is 0 Å². The average Bonchev–Trinajstić information content (AvgIpc) is 2.10. The molecule has 0 unspecified atom stereocenters. The monoisotopic (exact) mass is 188 g/mol. The lowest BCUT2D eigenvalue weighted by atomic mass is 10.3. The third-order valence-corrected chi connectivity index (χ3v) is 1.52. The van der Waals surface area contributed by atoms with E-state index in [0.29, 0.717) is 19.5 Å². The lowest BCUT2D eigenvalue weighted by Crippen LogP contribution is -2.25. The Bertz CT molecular complexity index is 171. The summed E-state index contributed by atoms with van der Waals surface area (Å²) in [6.45, 7) is 2.85. The normalized spacial score (nSPS) is 9.31. The van der Waals surface area contributed by atoms with Gasteiger partial charge in [0.2, 0.25) is 5.91 Å². The Morgan fingerprint density at radius 1 is 1.15 bits per heavy atom. The second-order valence-electron chi connectivity index (χ2n) is 2.64. The van der Waals surface area contributed by atoms with Crippen molar-refractivity contribution in [3.05, 3.63) is 0 Å². The van der Waals surface area contributed by atoms with Gasteiger partial charge in [0, 0.05) is 19.5 Å². The average molecular weight is 188 g/mol. The molecule has 5 nitrogen and oxygen atoms in total. The lowest BCUT2D eigenvalue weighted by molar-refractivity contribution is -0.120. The Balaban J connectivity index is 3.08. The molecule has 3 N–H and O–H groups in total. The molecular weight excluding hydrogens is 172 g/mol. The number of hydrogen-bond acceptors (Lipinski definition) is 2. The highest BCUT2D eigenvalue weighted by atomic mass is 16.4. The summed E-state index contributed by atoms with van der Waals surface area (Å²) in [5, 5.41) is 13.2. The van der Waals surface area contributed by atoms with Gasteiger partial charge in [-0.3, -0.25) is 4.79 Å². The summed E-state index contributed by atoms with van der Waals surface area (Å²) >= 11 is 0. The molecule has 0 aromatic heterocycles. The first-order valence-corrected chi connectivity index (χ1v) is 4.40. The summed E-state index contributed by atoms with van der Waals surface area (Å²) in [4.78, 5) is 20.7. The first kappa shape index (κ1) is 11.7. The fraction of sp³-hybridized carbons (Fsp3) is 0.750. The molecule has 0 aromatic carbocycles. The van der Waals surface area contributed by atoms with Crippen molar-refractivity contribution in [2.45, 2.75) is 26.2 Å². The molecule has 76 valence electrons. The van der Waals surface area contributed by atoms with Crippen LogP contribution < -0.4 is 10.6 Å². The van der Waals surface area contributed by atoms with Crippen molar-refractivity contribution in [2.75, 3.05) is 13.1 Å². The quantitative estimate of drug-likeness (QED) is 0.533. The molecule has 0 heterocycles. The van der Waals surface area contributed by atoms with Crippen molar-refractivity contribution in [2.24, 2.45) is 0 Å². The predicted octanol–water partition coefficient (Wildman–Crippen LogP) is 0.560. The molecule has 0 aliphatic rings. The summed E-state index contributed by atoms with van der Waals surface area (Å²) in [7, 11) is 0. The van der Waals surface area contributed by atoms with Gasteiger partial charge in [0.15, 0.2) is 0 Å². The smallest absolute Gasteiger partial charge is 0.404 e. The predicted molar refractivity (Wildman–Crippen MR) is 48.6 cm³/mol. The van der Waals surface area contributed by atoms with Crippen molar-refractivity contribution in [1.82, 2.24) is 10.6 Å². The third-order valence-electron chi connectivity index (χ3n) is 1.52. The van der Waals surface area contributed by atoms with E-state index in [9.17, 15) is 9.59 Å². The van der Waals surface area contributed by atoms with Crippen molar-refractivity contribution < 1.29 is 14.7 Å². The minimum Gasteiger partial charge on any atom is -0.465 e. The summed E-state index contributed by atoms with van der Waals surface area (Å²) in [5.41, 5.74) is 0. The first-order chi connectivity index (χ1) is 6.16. The van der Waals surface area contributed by atoms with Crippen molar-refractivity contribution in [3.8, 4) is 0 Å². The zero-order valence-corrected chi connectivity index (χ0v) is 7.80. The topological polar surface area (TPSA) is 78.4 Å². The van der Waals surface area contributed by atoms with Gasteiger partial charge in [-0.2, -0.15) is 0 Å². The molecule has 0 aliphatic heterocycles. The maximum Gasteiger partial charge on any atom is 0.404 e. The van der Waals surface area contributed by atoms with Crippen LogP contribution in [0.15, 0.2) is 0 Å². The SMILES string of the molecule is CCC(=O)NCCCCNC(=O)O. The molecule has 0 bridgehead atoms. The van der Waals surface area contributed by atoms with E-state index in [-0.39, 0.29) is 5.91 Å². The van der Waals surface area contributed by atoms with Crippen molar-refractivity contribution >= 4 is 12.0 Å². The van der Waals surface area contributed by atoms with E-state index in [1.165, 1.54) is 0 Å². The summed E-state index contributed by atoms with van der Waals surface area (Å²) in [6.07, 6.45) is 1.04. The minimum absolute atomic E-state index is 0.0335. The molecule has 13 heavy (non-hydrogen) atoms. The van der Waals surface area contributed by atoms with Gasteiger partial charge in [-0.05, 0) is 12.8 Å². The van der Waals surface area contributed by atoms with E-state index in [1.54, 1.807) is 6.92 Å². The molecule has 0 aromatic rings. The number of carboxylic acid groups (broad SMARTS) is 1. The molecule has 0 saturated heterocycles. The standard InChI is InChI=1S/C8H16N2O3/c1-2-7(11)9-5-3-4-6-10-8(12)13/h10H,2-6H2,1H3,(H,9,11)(H,12,13). The number of rotatable bonds is 6. The fourth-order valence-corrected chi connectivity index (χ4v) is 0.798. The highest BCUT2D eigenvalue weighted by molar-refractivity contribution is 5.75. The second kappa shape index (κ2) is 7.39. The Hall–Kier alpha value is -1.26. The maximum atomic E-state index is 10.7.